The number of aromatic hydroxyl groups is 1. The third-order valence-corrected chi connectivity index (χ3v) is 4.47. The van der Waals surface area contributed by atoms with Gasteiger partial charge < -0.3 is 14.6 Å². The van der Waals surface area contributed by atoms with Crippen LogP contribution in [0.2, 0.25) is 5.02 Å². The molecule has 0 aliphatic carbocycles. The van der Waals surface area contributed by atoms with Gasteiger partial charge in [-0.1, -0.05) is 31.0 Å². The number of esters is 1. The molecule has 1 N–H and O–H groups in total. The fourth-order valence-electron chi connectivity index (χ4n) is 2.58. The average Bonchev–Trinajstić information content (AvgIpc) is 2.74. The first-order valence-corrected chi connectivity index (χ1v) is 10.0. The Morgan fingerprint density at radius 3 is 2.53 bits per heavy atom. The molecule has 0 heterocycles. The number of aliphatic imine (C=N–C) groups is 1. The summed E-state index contributed by atoms with van der Waals surface area (Å²) in [6.45, 7) is 2.74. The van der Waals surface area contributed by atoms with Crippen LogP contribution in [-0.2, 0) is 0 Å². The number of nitrogens with zero attached hydrogens (tertiary/aromatic N) is 1. The van der Waals surface area contributed by atoms with Crippen molar-refractivity contribution in [1.82, 2.24) is 0 Å². The lowest BCUT2D eigenvalue weighted by molar-refractivity contribution is 0.0734. The number of halogens is 1. The second-order valence-corrected chi connectivity index (χ2v) is 7.01. The number of carbonyl (C=O) groups excluding carboxylic acids is 1. The van der Waals surface area contributed by atoms with Crippen molar-refractivity contribution in [2.45, 2.75) is 19.8 Å². The lowest BCUT2D eigenvalue weighted by atomic mass is 10.2. The van der Waals surface area contributed by atoms with Gasteiger partial charge in [0.15, 0.2) is 0 Å². The maximum Gasteiger partial charge on any atom is 0.343 e. The molecule has 154 valence electrons. The van der Waals surface area contributed by atoms with Crippen LogP contribution in [0, 0.1) is 0 Å². The van der Waals surface area contributed by atoms with Crippen molar-refractivity contribution in [3.63, 3.8) is 0 Å². The number of phenolic OH excluding ortho intramolecular Hbond substituents is 1. The third kappa shape index (κ3) is 6.09. The van der Waals surface area contributed by atoms with Gasteiger partial charge in [0.2, 0.25) is 0 Å². The van der Waals surface area contributed by atoms with E-state index < -0.39 is 5.97 Å². The highest BCUT2D eigenvalue weighted by molar-refractivity contribution is 6.30. The molecule has 0 saturated carbocycles. The van der Waals surface area contributed by atoms with Crippen LogP contribution in [0.15, 0.2) is 71.7 Å². The SMILES string of the molecule is CCCCOc1ccc(C(=O)Oc2ccc(C=Nc3cccc(Cl)c3)c(O)c2)cc1. The molecule has 3 aromatic carbocycles. The molecule has 0 amide bonds. The molecule has 3 rings (SSSR count). The first kappa shape index (κ1) is 21.4. The zero-order chi connectivity index (χ0) is 21.3. The third-order valence-electron chi connectivity index (χ3n) is 4.23. The van der Waals surface area contributed by atoms with E-state index in [0.29, 0.717) is 34.2 Å². The standard InChI is InChI=1S/C24H22ClNO4/c1-2-3-13-29-21-10-7-17(8-11-21)24(28)30-22-12-9-18(23(27)15-22)16-26-20-6-4-5-19(25)14-20/h4-12,14-16,27H,2-3,13H2,1H3. The highest BCUT2D eigenvalue weighted by atomic mass is 35.5. The normalized spacial score (nSPS) is 10.9. The quantitative estimate of drug-likeness (QED) is 0.203. The first-order chi connectivity index (χ1) is 14.5. The number of phenols is 1. The summed E-state index contributed by atoms with van der Waals surface area (Å²) < 4.78 is 10.9. The Kier molecular flexibility index (Phi) is 7.46. The Balaban J connectivity index is 1.63. The lowest BCUT2D eigenvalue weighted by Crippen LogP contribution is -2.08. The van der Waals surface area contributed by atoms with Gasteiger partial charge in [0, 0.05) is 22.9 Å². The Hall–Kier alpha value is -3.31. The summed E-state index contributed by atoms with van der Waals surface area (Å²) in [5.74, 6) is 0.377. The number of unbranched alkanes of at least 4 members (excludes halogenated alkanes) is 1. The highest BCUT2D eigenvalue weighted by Gasteiger charge is 2.10. The summed E-state index contributed by atoms with van der Waals surface area (Å²) >= 11 is 5.94. The number of hydrogen-bond donors (Lipinski definition) is 1. The molecule has 30 heavy (non-hydrogen) atoms. The van der Waals surface area contributed by atoms with Gasteiger partial charge in [0.25, 0.3) is 0 Å². The van der Waals surface area contributed by atoms with E-state index in [2.05, 4.69) is 11.9 Å². The summed E-state index contributed by atoms with van der Waals surface area (Å²) in [6.07, 6.45) is 3.56. The van der Waals surface area contributed by atoms with Crippen LogP contribution in [0.5, 0.6) is 17.2 Å². The maximum absolute atomic E-state index is 12.3. The predicted octanol–water partition coefficient (Wildman–Crippen LogP) is 6.19. The molecular weight excluding hydrogens is 402 g/mol. The fourth-order valence-corrected chi connectivity index (χ4v) is 2.77. The molecule has 6 heteroatoms. The predicted molar refractivity (Wildman–Crippen MR) is 119 cm³/mol. The van der Waals surface area contributed by atoms with Gasteiger partial charge in [-0.2, -0.15) is 0 Å². The summed E-state index contributed by atoms with van der Waals surface area (Å²) in [7, 11) is 0. The smallest absolute Gasteiger partial charge is 0.343 e. The molecule has 0 radical (unpaired) electrons. The number of hydrogen-bond acceptors (Lipinski definition) is 5. The van der Waals surface area contributed by atoms with Crippen molar-refractivity contribution in [3.05, 3.63) is 82.9 Å². The largest absolute Gasteiger partial charge is 0.507 e. The summed E-state index contributed by atoms with van der Waals surface area (Å²) in [4.78, 5) is 16.6. The topological polar surface area (TPSA) is 68.1 Å². The Bertz CT molecular complexity index is 1030. The van der Waals surface area contributed by atoms with Crippen molar-refractivity contribution in [2.24, 2.45) is 4.99 Å². The summed E-state index contributed by atoms with van der Waals surface area (Å²) in [6, 6.07) is 18.4. The van der Waals surface area contributed by atoms with Crippen LogP contribution in [-0.4, -0.2) is 23.9 Å². The van der Waals surface area contributed by atoms with E-state index in [1.807, 2.05) is 0 Å². The Morgan fingerprint density at radius 1 is 1.07 bits per heavy atom. The number of rotatable bonds is 8. The van der Waals surface area contributed by atoms with Gasteiger partial charge in [-0.15, -0.1) is 0 Å². The summed E-state index contributed by atoms with van der Waals surface area (Å²) in [5.41, 5.74) is 1.55. The minimum Gasteiger partial charge on any atom is -0.507 e. The van der Waals surface area contributed by atoms with Crippen LogP contribution in [0.25, 0.3) is 0 Å². The zero-order valence-electron chi connectivity index (χ0n) is 16.5. The van der Waals surface area contributed by atoms with Crippen molar-refractivity contribution in [2.75, 3.05) is 6.61 Å². The molecule has 0 atom stereocenters. The van der Waals surface area contributed by atoms with Crippen LogP contribution in [0.3, 0.4) is 0 Å². The van der Waals surface area contributed by atoms with Crippen LogP contribution >= 0.6 is 11.6 Å². The molecule has 0 aromatic heterocycles. The van der Waals surface area contributed by atoms with Gasteiger partial charge in [-0.05, 0) is 61.0 Å². The van der Waals surface area contributed by atoms with E-state index in [4.69, 9.17) is 21.1 Å². The molecule has 0 aliphatic rings. The number of ether oxygens (including phenoxy) is 2. The van der Waals surface area contributed by atoms with E-state index in [1.54, 1.807) is 60.7 Å². The van der Waals surface area contributed by atoms with Gasteiger partial charge in [0.1, 0.15) is 17.2 Å². The number of benzene rings is 3. The van der Waals surface area contributed by atoms with E-state index in [-0.39, 0.29) is 11.5 Å². The van der Waals surface area contributed by atoms with E-state index in [1.165, 1.54) is 12.3 Å². The van der Waals surface area contributed by atoms with Gasteiger partial charge in [-0.25, -0.2) is 4.79 Å². The molecule has 3 aromatic rings. The van der Waals surface area contributed by atoms with Crippen LogP contribution in [0.4, 0.5) is 5.69 Å². The fraction of sp³-hybridized carbons (Fsp3) is 0.167. The zero-order valence-corrected chi connectivity index (χ0v) is 17.3. The van der Waals surface area contributed by atoms with Crippen LogP contribution in [0.1, 0.15) is 35.7 Å². The first-order valence-electron chi connectivity index (χ1n) is 9.63. The monoisotopic (exact) mass is 423 g/mol. The molecule has 0 fully saturated rings. The molecule has 5 nitrogen and oxygen atoms in total. The van der Waals surface area contributed by atoms with Crippen molar-refractivity contribution >= 4 is 29.5 Å². The van der Waals surface area contributed by atoms with E-state index in [0.717, 1.165) is 12.8 Å². The van der Waals surface area contributed by atoms with Crippen molar-refractivity contribution in [1.29, 1.82) is 0 Å². The maximum atomic E-state index is 12.3. The summed E-state index contributed by atoms with van der Waals surface area (Å²) in [5, 5.41) is 10.8. The van der Waals surface area contributed by atoms with Gasteiger partial charge in [-0.3, -0.25) is 4.99 Å². The lowest BCUT2D eigenvalue weighted by Gasteiger charge is -2.08. The second kappa shape index (κ2) is 10.5. The minimum absolute atomic E-state index is 0.0502. The molecule has 0 saturated heterocycles. The van der Waals surface area contributed by atoms with Crippen molar-refractivity contribution in [3.8, 4) is 17.2 Å². The Labute approximate surface area is 180 Å². The highest BCUT2D eigenvalue weighted by Crippen LogP contribution is 2.25. The number of carbonyl (C=O) groups is 1. The second-order valence-electron chi connectivity index (χ2n) is 6.57. The molecule has 0 spiro atoms. The van der Waals surface area contributed by atoms with Gasteiger partial charge in [0.05, 0.1) is 17.9 Å². The average molecular weight is 424 g/mol. The van der Waals surface area contributed by atoms with Crippen molar-refractivity contribution < 1.29 is 19.4 Å². The van der Waals surface area contributed by atoms with E-state index in [9.17, 15) is 9.90 Å². The van der Waals surface area contributed by atoms with Crippen LogP contribution < -0.4 is 9.47 Å². The molecule has 0 unspecified atom stereocenters. The molecule has 0 bridgehead atoms. The molecule has 0 aliphatic heterocycles. The van der Waals surface area contributed by atoms with Gasteiger partial charge >= 0.3 is 5.97 Å². The minimum atomic E-state index is -0.519. The van der Waals surface area contributed by atoms with E-state index >= 15 is 0 Å². The molecular formula is C24H22ClNO4. The Morgan fingerprint density at radius 2 is 1.83 bits per heavy atom.